The fourth-order valence-corrected chi connectivity index (χ4v) is 3.51. The van der Waals surface area contributed by atoms with Crippen molar-refractivity contribution in [2.45, 2.75) is 6.54 Å². The quantitative estimate of drug-likeness (QED) is 0.440. The smallest absolute Gasteiger partial charge is 0.319 e. The van der Waals surface area contributed by atoms with E-state index in [4.69, 9.17) is 11.6 Å². The summed E-state index contributed by atoms with van der Waals surface area (Å²) in [6.07, 6.45) is 0. The number of fused-ring (bicyclic) bond motifs is 1. The van der Waals surface area contributed by atoms with Crippen LogP contribution in [0.4, 0.5) is 10.5 Å². The number of amides is 2. The van der Waals surface area contributed by atoms with Crippen molar-refractivity contribution < 1.29 is 9.90 Å². The third kappa shape index (κ3) is 3.90. The van der Waals surface area contributed by atoms with Crippen LogP contribution < -0.4 is 10.6 Å². The molecule has 0 spiro atoms. The number of carbonyl (C=O) groups excluding carboxylic acids is 1. The first-order valence-corrected chi connectivity index (χ1v) is 9.64. The Kier molecular flexibility index (Phi) is 5.10. The van der Waals surface area contributed by atoms with Gasteiger partial charge >= 0.3 is 6.03 Å². The number of phenolic OH excluding ortho intramolecular Hbond substituents is 1. The van der Waals surface area contributed by atoms with Gasteiger partial charge in [-0.1, -0.05) is 52.5 Å². The highest BCUT2D eigenvalue weighted by molar-refractivity contribution is 7.03. The number of hydrogen-bond acceptors (Lipinski definition) is 5. The van der Waals surface area contributed by atoms with E-state index in [2.05, 4.69) is 20.2 Å². The van der Waals surface area contributed by atoms with Crippen LogP contribution in [0.5, 0.6) is 5.75 Å². The zero-order valence-electron chi connectivity index (χ0n) is 14.5. The molecular weight excluding hydrogens is 396 g/mol. The van der Waals surface area contributed by atoms with Crippen molar-refractivity contribution in [3.05, 3.63) is 70.6 Å². The van der Waals surface area contributed by atoms with Crippen molar-refractivity contribution in [3.63, 3.8) is 0 Å². The minimum atomic E-state index is -0.384. The van der Waals surface area contributed by atoms with E-state index in [1.807, 2.05) is 35.7 Å². The van der Waals surface area contributed by atoms with Crippen LogP contribution >= 0.6 is 23.1 Å². The molecule has 2 amide bonds. The Hall–Kier alpha value is -3.16. The Morgan fingerprint density at radius 1 is 1.11 bits per heavy atom. The molecule has 0 radical (unpaired) electrons. The molecule has 0 bridgehead atoms. The van der Waals surface area contributed by atoms with Gasteiger partial charge in [0.15, 0.2) is 0 Å². The molecule has 140 valence electrons. The van der Waals surface area contributed by atoms with E-state index in [0.29, 0.717) is 22.6 Å². The summed E-state index contributed by atoms with van der Waals surface area (Å²) in [6, 6.07) is 15.8. The fourth-order valence-electron chi connectivity index (χ4n) is 2.83. The predicted octanol–water partition coefficient (Wildman–Crippen LogP) is 5.04. The highest BCUT2D eigenvalue weighted by Crippen LogP contribution is 2.33. The number of anilines is 1. The SMILES string of the molecule is O=C(NCc1ccc(-c2csnn2)cc1)Nc1c(Cl)ccc2ccc(O)cc12. The molecule has 28 heavy (non-hydrogen) atoms. The van der Waals surface area contributed by atoms with Crippen molar-refractivity contribution in [1.29, 1.82) is 0 Å². The minimum Gasteiger partial charge on any atom is -0.508 e. The molecule has 0 aliphatic rings. The van der Waals surface area contributed by atoms with Crippen molar-refractivity contribution in [3.8, 4) is 17.0 Å². The van der Waals surface area contributed by atoms with Gasteiger partial charge in [0, 0.05) is 22.9 Å². The van der Waals surface area contributed by atoms with Gasteiger partial charge in [-0.05, 0) is 40.7 Å². The lowest BCUT2D eigenvalue weighted by molar-refractivity contribution is 0.252. The molecule has 6 nitrogen and oxygen atoms in total. The molecule has 0 saturated heterocycles. The number of aromatic nitrogens is 2. The third-order valence-electron chi connectivity index (χ3n) is 4.26. The molecular formula is C20H15ClN4O2S. The van der Waals surface area contributed by atoms with E-state index in [0.717, 1.165) is 22.2 Å². The van der Waals surface area contributed by atoms with Crippen LogP contribution in [-0.2, 0) is 6.54 Å². The maximum atomic E-state index is 12.4. The molecule has 3 aromatic carbocycles. The number of halogens is 1. The maximum absolute atomic E-state index is 12.4. The zero-order valence-corrected chi connectivity index (χ0v) is 16.1. The second-order valence-electron chi connectivity index (χ2n) is 6.12. The van der Waals surface area contributed by atoms with Gasteiger partial charge in [-0.15, -0.1) is 5.10 Å². The molecule has 8 heteroatoms. The summed E-state index contributed by atoms with van der Waals surface area (Å²) in [5.41, 5.74) is 3.21. The number of aromatic hydroxyl groups is 1. The lowest BCUT2D eigenvalue weighted by atomic mass is 10.1. The number of nitrogens with zero attached hydrogens (tertiary/aromatic N) is 2. The summed E-state index contributed by atoms with van der Waals surface area (Å²) in [5.74, 6) is 0.105. The van der Waals surface area contributed by atoms with Crippen LogP contribution in [0.3, 0.4) is 0 Å². The molecule has 4 aromatic rings. The van der Waals surface area contributed by atoms with Gasteiger partial charge in [0.05, 0.1) is 10.7 Å². The second kappa shape index (κ2) is 7.84. The molecule has 0 unspecified atom stereocenters. The summed E-state index contributed by atoms with van der Waals surface area (Å²) in [6.45, 7) is 0.356. The highest BCUT2D eigenvalue weighted by Gasteiger charge is 2.11. The summed E-state index contributed by atoms with van der Waals surface area (Å²) >= 11 is 7.55. The third-order valence-corrected chi connectivity index (χ3v) is 5.08. The van der Waals surface area contributed by atoms with Crippen molar-refractivity contribution in [2.75, 3.05) is 5.32 Å². The summed E-state index contributed by atoms with van der Waals surface area (Å²) in [4.78, 5) is 12.4. The topological polar surface area (TPSA) is 87.1 Å². The summed E-state index contributed by atoms with van der Waals surface area (Å²) in [7, 11) is 0. The Balaban J connectivity index is 1.44. The van der Waals surface area contributed by atoms with Gasteiger partial charge in [-0.25, -0.2) is 4.79 Å². The van der Waals surface area contributed by atoms with E-state index in [1.54, 1.807) is 24.3 Å². The predicted molar refractivity (Wildman–Crippen MR) is 112 cm³/mol. The molecule has 1 aromatic heterocycles. The first-order valence-electron chi connectivity index (χ1n) is 8.42. The van der Waals surface area contributed by atoms with Crippen LogP contribution in [0.1, 0.15) is 5.56 Å². The van der Waals surface area contributed by atoms with Gasteiger partial charge in [-0.3, -0.25) is 0 Å². The Morgan fingerprint density at radius 2 is 1.89 bits per heavy atom. The van der Waals surface area contributed by atoms with E-state index >= 15 is 0 Å². The van der Waals surface area contributed by atoms with Crippen molar-refractivity contribution >= 4 is 45.6 Å². The molecule has 3 N–H and O–H groups in total. The zero-order chi connectivity index (χ0) is 19.5. The molecule has 0 fully saturated rings. The molecule has 1 heterocycles. The number of phenols is 1. The van der Waals surface area contributed by atoms with Gasteiger partial charge < -0.3 is 15.7 Å². The number of nitrogens with one attached hydrogen (secondary N) is 2. The first kappa shape index (κ1) is 18.2. The number of benzene rings is 3. The van der Waals surface area contributed by atoms with Crippen molar-refractivity contribution in [1.82, 2.24) is 14.9 Å². The normalized spacial score (nSPS) is 10.8. The largest absolute Gasteiger partial charge is 0.508 e. The number of rotatable bonds is 4. The number of carbonyl (C=O) groups is 1. The fraction of sp³-hybridized carbons (Fsp3) is 0.0500. The molecule has 4 rings (SSSR count). The van der Waals surface area contributed by atoms with Crippen LogP contribution in [0, 0.1) is 0 Å². The Morgan fingerprint density at radius 3 is 2.64 bits per heavy atom. The standard InChI is InChI=1S/C20H15ClN4O2S/c21-17-8-6-13-5-7-15(26)9-16(13)19(17)23-20(27)22-10-12-1-3-14(4-2-12)18-11-28-25-24-18/h1-9,11,26H,10H2,(H2,22,23,27). The van der Waals surface area contributed by atoms with E-state index in [-0.39, 0.29) is 11.8 Å². The molecule has 0 aliphatic heterocycles. The van der Waals surface area contributed by atoms with Gasteiger partial charge in [-0.2, -0.15) is 0 Å². The van der Waals surface area contributed by atoms with Crippen LogP contribution in [0.25, 0.3) is 22.0 Å². The summed E-state index contributed by atoms with van der Waals surface area (Å²) < 4.78 is 3.85. The first-order chi connectivity index (χ1) is 13.6. The van der Waals surface area contributed by atoms with Gasteiger partial charge in [0.25, 0.3) is 0 Å². The maximum Gasteiger partial charge on any atom is 0.319 e. The minimum absolute atomic E-state index is 0.105. The molecule has 0 atom stereocenters. The van der Waals surface area contributed by atoms with Crippen LogP contribution in [0.15, 0.2) is 60.0 Å². The molecule has 0 aliphatic carbocycles. The lowest BCUT2D eigenvalue weighted by Gasteiger charge is -2.12. The van der Waals surface area contributed by atoms with Crippen LogP contribution in [0.2, 0.25) is 5.02 Å². The van der Waals surface area contributed by atoms with Crippen LogP contribution in [-0.4, -0.2) is 20.7 Å². The average Bonchev–Trinajstić information content (AvgIpc) is 3.24. The van der Waals surface area contributed by atoms with Gasteiger partial charge in [0.2, 0.25) is 0 Å². The Labute approximate surface area is 170 Å². The summed E-state index contributed by atoms with van der Waals surface area (Å²) in [5, 5.41) is 23.2. The average molecular weight is 411 g/mol. The monoisotopic (exact) mass is 410 g/mol. The van der Waals surface area contributed by atoms with Crippen molar-refractivity contribution in [2.24, 2.45) is 0 Å². The number of hydrogen-bond donors (Lipinski definition) is 3. The molecule has 0 saturated carbocycles. The lowest BCUT2D eigenvalue weighted by Crippen LogP contribution is -2.28. The number of urea groups is 1. The van der Waals surface area contributed by atoms with E-state index in [9.17, 15) is 9.90 Å². The van der Waals surface area contributed by atoms with E-state index in [1.165, 1.54) is 11.5 Å². The van der Waals surface area contributed by atoms with E-state index < -0.39 is 0 Å². The second-order valence-corrected chi connectivity index (χ2v) is 7.14. The highest BCUT2D eigenvalue weighted by atomic mass is 35.5. The van der Waals surface area contributed by atoms with Gasteiger partial charge in [0.1, 0.15) is 11.4 Å². The Bertz CT molecular complexity index is 1130.